The smallest absolute Gasteiger partial charge is 0.118 e. The lowest BCUT2D eigenvalue weighted by atomic mass is 9.93. The van der Waals surface area contributed by atoms with Crippen LogP contribution in [0.2, 0.25) is 0 Å². The molecule has 3 unspecified atom stereocenters. The van der Waals surface area contributed by atoms with E-state index < -0.39 is 0 Å². The SMILES string of the molecule is CCC1C2CNCC2CN1Cc1ccc(OC)cc1. The number of benzene rings is 1. The fourth-order valence-electron chi connectivity index (χ4n) is 3.82. The topological polar surface area (TPSA) is 24.5 Å². The summed E-state index contributed by atoms with van der Waals surface area (Å²) in [6.45, 7) is 7.08. The predicted molar refractivity (Wildman–Crippen MR) is 77.3 cm³/mol. The number of likely N-dealkylation sites (tertiary alicyclic amines) is 1. The minimum Gasteiger partial charge on any atom is -0.497 e. The van der Waals surface area contributed by atoms with Crippen molar-refractivity contribution in [2.24, 2.45) is 11.8 Å². The van der Waals surface area contributed by atoms with Crippen molar-refractivity contribution in [3.63, 3.8) is 0 Å². The molecule has 1 aromatic carbocycles. The molecule has 2 fully saturated rings. The van der Waals surface area contributed by atoms with Gasteiger partial charge in [-0.1, -0.05) is 19.1 Å². The molecule has 104 valence electrons. The van der Waals surface area contributed by atoms with E-state index in [9.17, 15) is 0 Å². The molecule has 3 heteroatoms. The number of ether oxygens (including phenoxy) is 1. The number of hydrogen-bond acceptors (Lipinski definition) is 3. The van der Waals surface area contributed by atoms with Crippen molar-refractivity contribution in [1.29, 1.82) is 0 Å². The van der Waals surface area contributed by atoms with E-state index in [4.69, 9.17) is 4.74 Å². The van der Waals surface area contributed by atoms with Gasteiger partial charge in [-0.2, -0.15) is 0 Å². The monoisotopic (exact) mass is 260 g/mol. The van der Waals surface area contributed by atoms with Crippen LogP contribution in [0.25, 0.3) is 0 Å². The zero-order valence-electron chi connectivity index (χ0n) is 11.9. The number of methoxy groups -OCH3 is 1. The van der Waals surface area contributed by atoms with Gasteiger partial charge in [0, 0.05) is 19.1 Å². The molecule has 0 aromatic heterocycles. The highest BCUT2D eigenvalue weighted by molar-refractivity contribution is 5.27. The van der Waals surface area contributed by atoms with Crippen LogP contribution in [0.4, 0.5) is 0 Å². The van der Waals surface area contributed by atoms with Gasteiger partial charge < -0.3 is 10.1 Å². The highest BCUT2D eigenvalue weighted by Gasteiger charge is 2.42. The van der Waals surface area contributed by atoms with Gasteiger partial charge in [0.15, 0.2) is 0 Å². The molecule has 2 saturated heterocycles. The Hall–Kier alpha value is -1.06. The molecule has 2 heterocycles. The molecule has 3 atom stereocenters. The normalized spacial score (nSPS) is 30.5. The maximum absolute atomic E-state index is 5.22. The highest BCUT2D eigenvalue weighted by atomic mass is 16.5. The third-order valence-corrected chi connectivity index (χ3v) is 4.79. The molecule has 0 bridgehead atoms. The van der Waals surface area contributed by atoms with Crippen molar-refractivity contribution in [3.05, 3.63) is 29.8 Å². The van der Waals surface area contributed by atoms with Crippen LogP contribution < -0.4 is 10.1 Å². The van der Waals surface area contributed by atoms with Gasteiger partial charge in [-0.25, -0.2) is 0 Å². The first kappa shape index (κ1) is 12.9. The summed E-state index contributed by atoms with van der Waals surface area (Å²) in [7, 11) is 1.72. The molecule has 2 aliphatic rings. The van der Waals surface area contributed by atoms with E-state index in [-0.39, 0.29) is 0 Å². The van der Waals surface area contributed by atoms with Crippen molar-refractivity contribution in [1.82, 2.24) is 10.2 Å². The number of hydrogen-bond donors (Lipinski definition) is 1. The minimum atomic E-state index is 0.752. The Labute approximate surface area is 115 Å². The molecule has 1 N–H and O–H groups in total. The van der Waals surface area contributed by atoms with Crippen LogP contribution in [-0.4, -0.2) is 37.7 Å². The minimum absolute atomic E-state index is 0.752. The first-order valence-electron chi connectivity index (χ1n) is 7.39. The highest BCUT2D eigenvalue weighted by Crippen LogP contribution is 2.35. The largest absolute Gasteiger partial charge is 0.497 e. The summed E-state index contributed by atoms with van der Waals surface area (Å²) in [6, 6.07) is 9.27. The average molecular weight is 260 g/mol. The molecule has 3 rings (SSSR count). The lowest BCUT2D eigenvalue weighted by Crippen LogP contribution is -2.34. The maximum Gasteiger partial charge on any atom is 0.118 e. The van der Waals surface area contributed by atoms with Crippen molar-refractivity contribution >= 4 is 0 Å². The summed E-state index contributed by atoms with van der Waals surface area (Å²) in [5.74, 6) is 2.67. The summed E-state index contributed by atoms with van der Waals surface area (Å²) in [4.78, 5) is 2.68. The van der Waals surface area contributed by atoms with Crippen molar-refractivity contribution in [2.75, 3.05) is 26.7 Å². The molecular formula is C16H24N2O. The van der Waals surface area contributed by atoms with Gasteiger partial charge in [0.1, 0.15) is 5.75 Å². The lowest BCUT2D eigenvalue weighted by Gasteiger charge is -2.26. The zero-order chi connectivity index (χ0) is 13.2. The van der Waals surface area contributed by atoms with Crippen molar-refractivity contribution in [3.8, 4) is 5.75 Å². The summed E-state index contributed by atoms with van der Waals surface area (Å²) in [6.07, 6.45) is 1.26. The van der Waals surface area contributed by atoms with Crippen molar-refractivity contribution < 1.29 is 4.74 Å². The molecular weight excluding hydrogens is 236 g/mol. The molecule has 2 aliphatic heterocycles. The molecule has 0 radical (unpaired) electrons. The van der Waals surface area contributed by atoms with Crippen LogP contribution in [-0.2, 0) is 6.54 Å². The van der Waals surface area contributed by atoms with Crippen LogP contribution in [0.3, 0.4) is 0 Å². The molecule has 0 aliphatic carbocycles. The molecule has 0 amide bonds. The first-order valence-corrected chi connectivity index (χ1v) is 7.39. The standard InChI is InChI=1S/C16H24N2O/c1-3-16-15-9-17-8-13(15)11-18(16)10-12-4-6-14(19-2)7-5-12/h4-7,13,15-17H,3,8-11H2,1-2H3. The Kier molecular flexibility index (Phi) is 3.76. The van der Waals surface area contributed by atoms with Crippen molar-refractivity contribution in [2.45, 2.75) is 25.9 Å². The fraction of sp³-hybridized carbons (Fsp3) is 0.625. The summed E-state index contributed by atoms with van der Waals surface area (Å²) < 4.78 is 5.22. The van der Waals surface area contributed by atoms with E-state index in [1.165, 1.54) is 31.6 Å². The predicted octanol–water partition coefficient (Wildman–Crippen LogP) is 2.12. The second kappa shape index (κ2) is 5.51. The third kappa shape index (κ3) is 2.49. The molecule has 0 saturated carbocycles. The molecule has 1 aromatic rings. The molecule has 19 heavy (non-hydrogen) atoms. The second-order valence-corrected chi connectivity index (χ2v) is 5.84. The summed E-state index contributed by atoms with van der Waals surface area (Å²) in [5, 5.41) is 3.54. The molecule has 3 nitrogen and oxygen atoms in total. The van der Waals surface area contributed by atoms with E-state index >= 15 is 0 Å². The lowest BCUT2D eigenvalue weighted by molar-refractivity contribution is 0.210. The van der Waals surface area contributed by atoms with Gasteiger partial charge >= 0.3 is 0 Å². The summed E-state index contributed by atoms with van der Waals surface area (Å²) >= 11 is 0. The summed E-state index contributed by atoms with van der Waals surface area (Å²) in [5.41, 5.74) is 1.40. The number of nitrogens with zero attached hydrogens (tertiary/aromatic N) is 1. The Bertz CT molecular complexity index is 417. The number of nitrogens with one attached hydrogen (secondary N) is 1. The quantitative estimate of drug-likeness (QED) is 0.897. The number of rotatable bonds is 4. The second-order valence-electron chi connectivity index (χ2n) is 5.84. The van der Waals surface area contributed by atoms with E-state index in [0.717, 1.165) is 30.2 Å². The Balaban J connectivity index is 1.68. The van der Waals surface area contributed by atoms with Crippen LogP contribution >= 0.6 is 0 Å². The maximum atomic E-state index is 5.22. The first-order chi connectivity index (χ1) is 9.31. The Morgan fingerprint density at radius 3 is 2.74 bits per heavy atom. The average Bonchev–Trinajstić information content (AvgIpc) is 3.00. The van der Waals surface area contributed by atoms with Gasteiger partial charge in [0.2, 0.25) is 0 Å². The van der Waals surface area contributed by atoms with Crippen LogP contribution in [0.5, 0.6) is 5.75 Å². The zero-order valence-corrected chi connectivity index (χ0v) is 11.9. The Morgan fingerprint density at radius 1 is 1.26 bits per heavy atom. The van der Waals surface area contributed by atoms with Crippen LogP contribution in [0, 0.1) is 11.8 Å². The molecule has 0 spiro atoms. The van der Waals surface area contributed by atoms with Gasteiger partial charge in [-0.05, 0) is 49.0 Å². The van der Waals surface area contributed by atoms with E-state index in [1.807, 2.05) is 0 Å². The van der Waals surface area contributed by atoms with Gasteiger partial charge in [0.05, 0.1) is 7.11 Å². The van der Waals surface area contributed by atoms with Crippen LogP contribution in [0.15, 0.2) is 24.3 Å². The van der Waals surface area contributed by atoms with E-state index in [0.29, 0.717) is 0 Å². The fourth-order valence-corrected chi connectivity index (χ4v) is 3.82. The van der Waals surface area contributed by atoms with Gasteiger partial charge in [-0.15, -0.1) is 0 Å². The van der Waals surface area contributed by atoms with Gasteiger partial charge in [0.25, 0.3) is 0 Å². The van der Waals surface area contributed by atoms with Crippen LogP contribution in [0.1, 0.15) is 18.9 Å². The Morgan fingerprint density at radius 2 is 2.05 bits per heavy atom. The van der Waals surface area contributed by atoms with E-state index in [1.54, 1.807) is 7.11 Å². The van der Waals surface area contributed by atoms with Gasteiger partial charge in [-0.3, -0.25) is 4.90 Å². The number of fused-ring (bicyclic) bond motifs is 1. The van der Waals surface area contributed by atoms with E-state index in [2.05, 4.69) is 41.4 Å². The third-order valence-electron chi connectivity index (χ3n) is 4.79.